The third-order valence-electron chi connectivity index (χ3n) is 2.51. The maximum atomic E-state index is 11.6. The first-order chi connectivity index (χ1) is 8.41. The number of carboxylic acid groups (broad SMARTS) is 1. The Morgan fingerprint density at radius 2 is 2.00 bits per heavy atom. The molecule has 1 rings (SSSR count). The van der Waals surface area contributed by atoms with Crippen molar-refractivity contribution in [3.63, 3.8) is 0 Å². The van der Waals surface area contributed by atoms with E-state index in [0.29, 0.717) is 6.42 Å². The molecule has 1 unspecified atom stereocenters. The Morgan fingerprint density at radius 1 is 1.33 bits per heavy atom. The molecule has 0 saturated heterocycles. The SMILES string of the molecule is CC(CCNC(=O)c1ccc(O)cc1O)C(=O)O. The Balaban J connectivity index is 2.53. The van der Waals surface area contributed by atoms with Gasteiger partial charge in [-0.2, -0.15) is 0 Å². The van der Waals surface area contributed by atoms with E-state index in [4.69, 9.17) is 10.2 Å². The van der Waals surface area contributed by atoms with E-state index in [0.717, 1.165) is 6.07 Å². The van der Waals surface area contributed by atoms with Crippen LogP contribution in [0.5, 0.6) is 11.5 Å². The Morgan fingerprint density at radius 3 is 2.56 bits per heavy atom. The van der Waals surface area contributed by atoms with Crippen LogP contribution in [0.1, 0.15) is 23.7 Å². The first-order valence-corrected chi connectivity index (χ1v) is 5.44. The fourth-order valence-corrected chi connectivity index (χ4v) is 1.33. The summed E-state index contributed by atoms with van der Waals surface area (Å²) in [6, 6.07) is 3.64. The molecule has 6 heteroatoms. The van der Waals surface area contributed by atoms with Crippen LogP contribution in [0.3, 0.4) is 0 Å². The van der Waals surface area contributed by atoms with Crippen molar-refractivity contribution in [2.45, 2.75) is 13.3 Å². The number of carbonyl (C=O) groups excluding carboxylic acids is 1. The highest BCUT2D eigenvalue weighted by molar-refractivity contribution is 5.96. The lowest BCUT2D eigenvalue weighted by Crippen LogP contribution is -2.27. The fraction of sp³-hybridized carbons (Fsp3) is 0.333. The summed E-state index contributed by atoms with van der Waals surface area (Å²) in [5.74, 6) is -2.43. The highest BCUT2D eigenvalue weighted by Gasteiger charge is 2.13. The molecule has 1 aromatic rings. The predicted octanol–water partition coefficient (Wildman–Crippen LogP) is 0.938. The van der Waals surface area contributed by atoms with Gasteiger partial charge in [-0.15, -0.1) is 0 Å². The van der Waals surface area contributed by atoms with Crippen molar-refractivity contribution < 1.29 is 24.9 Å². The number of phenolic OH excluding ortho intramolecular Hbond substituents is 2. The number of carboxylic acids is 1. The number of hydrogen-bond donors (Lipinski definition) is 4. The number of nitrogens with one attached hydrogen (secondary N) is 1. The average Bonchev–Trinajstić information content (AvgIpc) is 2.28. The fourth-order valence-electron chi connectivity index (χ4n) is 1.33. The molecule has 0 radical (unpaired) electrons. The summed E-state index contributed by atoms with van der Waals surface area (Å²) in [4.78, 5) is 22.2. The molecule has 1 amide bonds. The van der Waals surface area contributed by atoms with Gasteiger partial charge in [0, 0.05) is 12.6 Å². The van der Waals surface area contributed by atoms with Crippen molar-refractivity contribution in [2.24, 2.45) is 5.92 Å². The summed E-state index contributed by atoms with van der Waals surface area (Å²) in [5.41, 5.74) is 0.0378. The minimum absolute atomic E-state index is 0.0378. The summed E-state index contributed by atoms with van der Waals surface area (Å²) in [5, 5.41) is 29.7. The monoisotopic (exact) mass is 253 g/mol. The van der Waals surface area contributed by atoms with E-state index >= 15 is 0 Å². The third-order valence-corrected chi connectivity index (χ3v) is 2.51. The van der Waals surface area contributed by atoms with Gasteiger partial charge in [0.05, 0.1) is 11.5 Å². The molecule has 0 aliphatic carbocycles. The molecule has 0 aromatic heterocycles. The molecule has 0 fully saturated rings. The molecular weight excluding hydrogens is 238 g/mol. The van der Waals surface area contributed by atoms with E-state index in [9.17, 15) is 14.7 Å². The zero-order valence-electron chi connectivity index (χ0n) is 9.88. The van der Waals surface area contributed by atoms with Crippen molar-refractivity contribution in [1.82, 2.24) is 5.32 Å². The van der Waals surface area contributed by atoms with Gasteiger partial charge in [-0.25, -0.2) is 0 Å². The van der Waals surface area contributed by atoms with Gasteiger partial charge < -0.3 is 20.6 Å². The number of rotatable bonds is 5. The lowest BCUT2D eigenvalue weighted by molar-refractivity contribution is -0.141. The van der Waals surface area contributed by atoms with Crippen molar-refractivity contribution in [2.75, 3.05) is 6.54 Å². The van der Waals surface area contributed by atoms with Gasteiger partial charge >= 0.3 is 5.97 Å². The molecule has 1 atom stereocenters. The summed E-state index contributed by atoms with van der Waals surface area (Å²) in [7, 11) is 0. The predicted molar refractivity (Wildman–Crippen MR) is 63.5 cm³/mol. The van der Waals surface area contributed by atoms with Gasteiger partial charge in [0.25, 0.3) is 5.91 Å². The summed E-state index contributed by atoms with van der Waals surface area (Å²) in [6.07, 6.45) is 0.305. The zero-order valence-corrected chi connectivity index (χ0v) is 9.88. The normalized spacial score (nSPS) is 11.8. The Hall–Kier alpha value is -2.24. The molecule has 98 valence electrons. The van der Waals surface area contributed by atoms with Gasteiger partial charge in [0.2, 0.25) is 0 Å². The number of hydrogen-bond acceptors (Lipinski definition) is 4. The minimum Gasteiger partial charge on any atom is -0.508 e. The van der Waals surface area contributed by atoms with Crippen LogP contribution in [0.15, 0.2) is 18.2 Å². The van der Waals surface area contributed by atoms with Crippen LogP contribution >= 0.6 is 0 Å². The summed E-state index contributed by atoms with van der Waals surface area (Å²) in [6.45, 7) is 1.75. The van der Waals surface area contributed by atoms with E-state index in [1.54, 1.807) is 6.92 Å². The molecule has 0 spiro atoms. The molecule has 0 aliphatic rings. The quantitative estimate of drug-likeness (QED) is 0.624. The van der Waals surface area contributed by atoms with Crippen LogP contribution in [0.4, 0.5) is 0 Å². The highest BCUT2D eigenvalue weighted by atomic mass is 16.4. The Kier molecular flexibility index (Phi) is 4.53. The number of amides is 1. The van der Waals surface area contributed by atoms with E-state index in [2.05, 4.69) is 5.32 Å². The van der Waals surface area contributed by atoms with E-state index < -0.39 is 17.8 Å². The average molecular weight is 253 g/mol. The molecular formula is C12H15NO5. The van der Waals surface area contributed by atoms with Gasteiger partial charge in [-0.1, -0.05) is 6.92 Å². The van der Waals surface area contributed by atoms with Crippen LogP contribution in [0, 0.1) is 5.92 Å². The number of aromatic hydroxyl groups is 2. The zero-order chi connectivity index (χ0) is 13.7. The van der Waals surface area contributed by atoms with Crippen LogP contribution in [-0.2, 0) is 4.79 Å². The number of benzene rings is 1. The lowest BCUT2D eigenvalue weighted by Gasteiger charge is -2.09. The topological polar surface area (TPSA) is 107 Å². The lowest BCUT2D eigenvalue weighted by atomic mass is 10.1. The molecule has 6 nitrogen and oxygen atoms in total. The van der Waals surface area contributed by atoms with Crippen molar-refractivity contribution in [3.05, 3.63) is 23.8 Å². The Labute approximate surface area is 104 Å². The first-order valence-electron chi connectivity index (χ1n) is 5.44. The van der Waals surface area contributed by atoms with Gasteiger partial charge in [0.15, 0.2) is 0 Å². The number of aliphatic carboxylic acids is 1. The largest absolute Gasteiger partial charge is 0.508 e. The second-order valence-corrected chi connectivity index (χ2v) is 3.99. The van der Waals surface area contributed by atoms with Crippen molar-refractivity contribution in [1.29, 1.82) is 0 Å². The maximum Gasteiger partial charge on any atom is 0.306 e. The van der Waals surface area contributed by atoms with Gasteiger partial charge in [0.1, 0.15) is 11.5 Å². The van der Waals surface area contributed by atoms with Crippen molar-refractivity contribution >= 4 is 11.9 Å². The third kappa shape index (κ3) is 3.65. The minimum atomic E-state index is -0.920. The molecule has 18 heavy (non-hydrogen) atoms. The highest BCUT2D eigenvalue weighted by Crippen LogP contribution is 2.22. The second-order valence-electron chi connectivity index (χ2n) is 3.99. The van der Waals surface area contributed by atoms with Crippen LogP contribution in [0.2, 0.25) is 0 Å². The number of carbonyl (C=O) groups is 2. The molecule has 0 bridgehead atoms. The second kappa shape index (κ2) is 5.90. The molecule has 1 aromatic carbocycles. The van der Waals surface area contributed by atoms with Gasteiger partial charge in [-0.05, 0) is 18.6 Å². The summed E-state index contributed by atoms with van der Waals surface area (Å²) < 4.78 is 0. The summed E-state index contributed by atoms with van der Waals surface area (Å²) >= 11 is 0. The molecule has 0 heterocycles. The number of phenols is 2. The maximum absolute atomic E-state index is 11.6. The van der Waals surface area contributed by atoms with Crippen LogP contribution < -0.4 is 5.32 Å². The van der Waals surface area contributed by atoms with E-state index in [-0.39, 0.29) is 23.6 Å². The molecule has 0 saturated carbocycles. The first kappa shape index (κ1) is 13.8. The van der Waals surface area contributed by atoms with Crippen LogP contribution in [0.25, 0.3) is 0 Å². The van der Waals surface area contributed by atoms with Gasteiger partial charge in [-0.3, -0.25) is 9.59 Å². The standard InChI is InChI=1S/C12H15NO5/c1-7(12(17)18)4-5-13-11(16)9-3-2-8(14)6-10(9)15/h2-3,6-7,14-15H,4-5H2,1H3,(H,13,16)(H,17,18). The molecule has 4 N–H and O–H groups in total. The van der Waals surface area contributed by atoms with Crippen LogP contribution in [-0.4, -0.2) is 33.7 Å². The smallest absolute Gasteiger partial charge is 0.306 e. The Bertz CT molecular complexity index is 458. The molecule has 0 aliphatic heterocycles. The van der Waals surface area contributed by atoms with Crippen molar-refractivity contribution in [3.8, 4) is 11.5 Å². The van der Waals surface area contributed by atoms with E-state index in [1.807, 2.05) is 0 Å². The van der Waals surface area contributed by atoms with E-state index in [1.165, 1.54) is 12.1 Å².